The summed E-state index contributed by atoms with van der Waals surface area (Å²) in [5.74, 6) is 0.630. The number of nitrogens with one attached hydrogen (secondary N) is 1. The first kappa shape index (κ1) is 18.4. The van der Waals surface area contributed by atoms with Gasteiger partial charge in [0.2, 0.25) is 0 Å². The number of benzene rings is 1. The summed E-state index contributed by atoms with van der Waals surface area (Å²) in [6, 6.07) is 5.89. The number of rotatable bonds is 6. The number of aryl methyl sites for hydroxylation is 2. The van der Waals surface area contributed by atoms with E-state index in [0.717, 1.165) is 50.5 Å². The lowest BCUT2D eigenvalue weighted by Gasteiger charge is -2.41. The summed E-state index contributed by atoms with van der Waals surface area (Å²) < 4.78 is 7.00. The molecule has 0 aliphatic heterocycles. The Morgan fingerprint density at radius 3 is 2.81 bits per heavy atom. The van der Waals surface area contributed by atoms with Gasteiger partial charge >= 0.3 is 0 Å². The average molecular weight is 403 g/mol. The largest absolute Gasteiger partial charge is 0.488 e. The minimum absolute atomic E-state index is 0.0115. The molecule has 2 heterocycles. The van der Waals surface area contributed by atoms with Crippen LogP contribution < -0.4 is 10.1 Å². The van der Waals surface area contributed by atoms with Gasteiger partial charge in [-0.15, -0.1) is 22.7 Å². The van der Waals surface area contributed by atoms with Crippen LogP contribution in [0.4, 0.5) is 0 Å². The number of ether oxygens (including phenoxy) is 1. The van der Waals surface area contributed by atoms with E-state index in [4.69, 9.17) is 4.74 Å². The number of thiazole rings is 1. The highest BCUT2D eigenvalue weighted by Crippen LogP contribution is 2.36. The highest BCUT2D eigenvalue weighted by Gasteiger charge is 2.38. The lowest BCUT2D eigenvalue weighted by atomic mass is 9.77. The van der Waals surface area contributed by atoms with Crippen molar-refractivity contribution in [2.75, 3.05) is 6.61 Å². The van der Waals surface area contributed by atoms with E-state index in [9.17, 15) is 9.90 Å². The number of aliphatic hydroxyl groups excluding tert-OH is 1. The zero-order chi connectivity index (χ0) is 19.0. The topological polar surface area (TPSA) is 71.5 Å². The van der Waals surface area contributed by atoms with Crippen molar-refractivity contribution in [3.05, 3.63) is 44.7 Å². The maximum atomic E-state index is 12.9. The van der Waals surface area contributed by atoms with Gasteiger partial charge in [-0.1, -0.05) is 0 Å². The molecule has 142 valence electrons. The SMILES string of the molecule is Cc1ncsc1COc1ccc2sc(C)c(C(=O)NC3(CO)CCC3)c2c1. The van der Waals surface area contributed by atoms with E-state index >= 15 is 0 Å². The molecule has 2 aromatic heterocycles. The predicted molar refractivity (Wildman–Crippen MR) is 109 cm³/mol. The van der Waals surface area contributed by atoms with Gasteiger partial charge in [0.15, 0.2) is 0 Å². The molecule has 2 N–H and O–H groups in total. The number of hydrogen-bond acceptors (Lipinski definition) is 6. The van der Waals surface area contributed by atoms with Gasteiger partial charge in [-0.05, 0) is 51.3 Å². The van der Waals surface area contributed by atoms with Crippen LogP contribution in [0.15, 0.2) is 23.7 Å². The lowest BCUT2D eigenvalue weighted by Crippen LogP contribution is -2.56. The number of hydrogen-bond donors (Lipinski definition) is 2. The number of nitrogens with zero attached hydrogens (tertiary/aromatic N) is 1. The molecule has 1 saturated carbocycles. The second-order valence-electron chi connectivity index (χ2n) is 7.09. The molecule has 0 unspecified atom stereocenters. The Labute approximate surface area is 166 Å². The van der Waals surface area contributed by atoms with Crippen molar-refractivity contribution < 1.29 is 14.6 Å². The molecule has 27 heavy (non-hydrogen) atoms. The Kier molecular flexibility index (Phi) is 4.92. The van der Waals surface area contributed by atoms with Crippen LogP contribution in [-0.4, -0.2) is 28.1 Å². The highest BCUT2D eigenvalue weighted by molar-refractivity contribution is 7.19. The van der Waals surface area contributed by atoms with Gasteiger partial charge in [-0.2, -0.15) is 0 Å². The van der Waals surface area contributed by atoms with Crippen molar-refractivity contribution in [2.24, 2.45) is 0 Å². The summed E-state index contributed by atoms with van der Waals surface area (Å²) in [6.45, 7) is 4.40. The predicted octanol–water partition coefficient (Wildman–Crippen LogP) is 4.20. The normalized spacial score (nSPS) is 15.5. The summed E-state index contributed by atoms with van der Waals surface area (Å²) in [4.78, 5) is 19.3. The molecule has 1 amide bonds. The third-order valence-corrected chi connectivity index (χ3v) is 7.26. The second kappa shape index (κ2) is 7.22. The van der Waals surface area contributed by atoms with Gasteiger partial charge < -0.3 is 15.2 Å². The fourth-order valence-electron chi connectivity index (χ4n) is 3.41. The smallest absolute Gasteiger partial charge is 0.253 e. The lowest BCUT2D eigenvalue weighted by molar-refractivity contribution is 0.0643. The van der Waals surface area contributed by atoms with E-state index in [1.165, 1.54) is 0 Å². The van der Waals surface area contributed by atoms with Crippen molar-refractivity contribution in [1.29, 1.82) is 0 Å². The fraction of sp³-hybridized carbons (Fsp3) is 0.400. The molecule has 1 aromatic carbocycles. The number of carbonyl (C=O) groups is 1. The maximum absolute atomic E-state index is 12.9. The molecule has 1 aliphatic rings. The first-order chi connectivity index (χ1) is 13.0. The standard InChI is InChI=1S/C20H22N2O3S2/c1-12-17(26-11-21-12)9-25-14-4-5-16-15(8-14)18(13(2)27-16)19(24)22-20(10-23)6-3-7-20/h4-5,8,11,23H,3,6-7,9-10H2,1-2H3,(H,22,24). The van der Waals surface area contributed by atoms with E-state index in [1.807, 2.05) is 37.6 Å². The summed E-state index contributed by atoms with van der Waals surface area (Å²) in [5, 5.41) is 13.6. The molecular weight excluding hydrogens is 380 g/mol. The molecule has 7 heteroatoms. The average Bonchev–Trinajstić information content (AvgIpc) is 3.17. The molecule has 5 nitrogen and oxygen atoms in total. The quantitative estimate of drug-likeness (QED) is 0.648. The van der Waals surface area contributed by atoms with Gasteiger partial charge in [0.05, 0.1) is 33.8 Å². The Morgan fingerprint density at radius 1 is 1.37 bits per heavy atom. The molecule has 0 atom stereocenters. The van der Waals surface area contributed by atoms with E-state index in [1.54, 1.807) is 22.7 Å². The molecule has 3 aromatic rings. The van der Waals surface area contributed by atoms with Crippen LogP contribution in [0.2, 0.25) is 0 Å². The van der Waals surface area contributed by atoms with Crippen molar-refractivity contribution >= 4 is 38.7 Å². The third kappa shape index (κ3) is 3.47. The van der Waals surface area contributed by atoms with Gasteiger partial charge in [0.1, 0.15) is 12.4 Å². The van der Waals surface area contributed by atoms with Crippen LogP contribution in [0.1, 0.15) is 45.1 Å². The Morgan fingerprint density at radius 2 is 2.19 bits per heavy atom. The maximum Gasteiger partial charge on any atom is 0.253 e. The molecule has 1 aliphatic carbocycles. The zero-order valence-corrected chi connectivity index (χ0v) is 17.0. The Balaban J connectivity index is 1.59. The minimum Gasteiger partial charge on any atom is -0.488 e. The number of aliphatic hydroxyl groups is 1. The number of thiophene rings is 1. The van der Waals surface area contributed by atoms with Gasteiger partial charge in [-0.3, -0.25) is 4.79 Å². The minimum atomic E-state index is -0.449. The molecule has 0 radical (unpaired) electrons. The molecular formula is C20H22N2O3S2. The third-order valence-electron chi connectivity index (χ3n) is 5.27. The van der Waals surface area contributed by atoms with Crippen molar-refractivity contribution in [1.82, 2.24) is 10.3 Å². The molecule has 0 spiro atoms. The van der Waals surface area contributed by atoms with Gasteiger partial charge in [0.25, 0.3) is 5.91 Å². The van der Waals surface area contributed by atoms with Gasteiger partial charge in [0, 0.05) is 15.0 Å². The molecule has 1 fully saturated rings. The van der Waals surface area contributed by atoms with Crippen molar-refractivity contribution in [3.8, 4) is 5.75 Å². The second-order valence-corrected chi connectivity index (χ2v) is 9.28. The van der Waals surface area contributed by atoms with E-state index in [2.05, 4.69) is 10.3 Å². The fourth-order valence-corrected chi connectivity index (χ4v) is 5.14. The van der Waals surface area contributed by atoms with E-state index < -0.39 is 5.54 Å². The van der Waals surface area contributed by atoms with Crippen LogP contribution in [0, 0.1) is 13.8 Å². The highest BCUT2D eigenvalue weighted by atomic mass is 32.1. The van der Waals surface area contributed by atoms with Crippen LogP contribution in [0.5, 0.6) is 5.75 Å². The van der Waals surface area contributed by atoms with Crippen LogP contribution >= 0.6 is 22.7 Å². The van der Waals surface area contributed by atoms with Crippen LogP contribution in [-0.2, 0) is 6.61 Å². The summed E-state index contributed by atoms with van der Waals surface area (Å²) in [7, 11) is 0. The molecule has 0 saturated heterocycles. The number of amides is 1. The van der Waals surface area contributed by atoms with E-state index in [-0.39, 0.29) is 12.5 Å². The van der Waals surface area contributed by atoms with E-state index in [0.29, 0.717) is 12.2 Å². The van der Waals surface area contributed by atoms with Crippen LogP contribution in [0.25, 0.3) is 10.1 Å². The number of aromatic nitrogens is 1. The van der Waals surface area contributed by atoms with Crippen LogP contribution in [0.3, 0.4) is 0 Å². The number of carbonyl (C=O) groups excluding carboxylic acids is 1. The summed E-state index contributed by atoms with van der Waals surface area (Å²) >= 11 is 3.19. The Bertz CT molecular complexity index is 983. The van der Waals surface area contributed by atoms with Gasteiger partial charge in [-0.25, -0.2) is 4.98 Å². The molecule has 0 bridgehead atoms. The first-order valence-electron chi connectivity index (χ1n) is 9.00. The Hall–Kier alpha value is -1.96. The molecule has 4 rings (SSSR count). The summed E-state index contributed by atoms with van der Waals surface area (Å²) in [5.41, 5.74) is 3.05. The monoisotopic (exact) mass is 402 g/mol. The zero-order valence-electron chi connectivity index (χ0n) is 15.4. The van der Waals surface area contributed by atoms with Crippen molar-refractivity contribution in [3.63, 3.8) is 0 Å². The van der Waals surface area contributed by atoms with Crippen molar-refractivity contribution in [2.45, 2.75) is 45.3 Å². The summed E-state index contributed by atoms with van der Waals surface area (Å²) in [6.07, 6.45) is 2.71. The first-order valence-corrected chi connectivity index (χ1v) is 10.7. The number of fused-ring (bicyclic) bond motifs is 1.